The van der Waals surface area contributed by atoms with Gasteiger partial charge in [-0.3, -0.25) is 0 Å². The van der Waals surface area contributed by atoms with Crippen molar-refractivity contribution >= 4 is 25.7 Å². The molecule has 0 heterocycles. The molecule has 0 N–H and O–H groups in total. The van der Waals surface area contributed by atoms with E-state index in [-0.39, 0.29) is 9.76 Å². The molecule has 0 saturated heterocycles. The average Bonchev–Trinajstić information content (AvgIpc) is 2.08. The Kier molecular flexibility index (Phi) is 15.3. The van der Waals surface area contributed by atoms with Crippen LogP contribution in [0.4, 0.5) is 0 Å². The summed E-state index contributed by atoms with van der Waals surface area (Å²) in [5, 5.41) is 1.15. The Morgan fingerprint density at radius 2 is 1.47 bits per heavy atom. The highest BCUT2D eigenvalue weighted by Crippen LogP contribution is 2.08. The SMILES string of the molecule is CC(C)(C)C.C[SiH2]OCCCCCCBr. The van der Waals surface area contributed by atoms with Crippen LogP contribution in [0.5, 0.6) is 0 Å². The number of hydrogen-bond donors (Lipinski definition) is 0. The maximum absolute atomic E-state index is 5.34. The van der Waals surface area contributed by atoms with Gasteiger partial charge >= 0.3 is 0 Å². The van der Waals surface area contributed by atoms with Gasteiger partial charge in [-0.25, -0.2) is 0 Å². The maximum atomic E-state index is 5.34. The molecule has 0 unspecified atom stereocenters. The van der Waals surface area contributed by atoms with E-state index in [0.717, 1.165) is 11.9 Å². The highest BCUT2D eigenvalue weighted by Gasteiger charge is 1.95. The molecule has 3 heteroatoms. The van der Waals surface area contributed by atoms with Crippen molar-refractivity contribution in [1.82, 2.24) is 0 Å². The predicted molar refractivity (Wildman–Crippen MR) is 77.8 cm³/mol. The Morgan fingerprint density at radius 3 is 1.87 bits per heavy atom. The standard InChI is InChI=1S/C7H17BrOSi.C5H12/c1-10-9-7-5-3-2-4-6-8;1-5(2,3)4/h2-7,10H2,1H3;1-4H3. The Morgan fingerprint density at radius 1 is 1.00 bits per heavy atom. The number of hydrogen-bond acceptors (Lipinski definition) is 1. The lowest BCUT2D eigenvalue weighted by Gasteiger charge is -2.05. The summed E-state index contributed by atoms with van der Waals surface area (Å²) in [4.78, 5) is 0. The first-order valence-electron chi connectivity index (χ1n) is 6.05. The van der Waals surface area contributed by atoms with Crippen molar-refractivity contribution in [2.75, 3.05) is 11.9 Å². The van der Waals surface area contributed by atoms with Gasteiger partial charge in [0.1, 0.15) is 0 Å². The van der Waals surface area contributed by atoms with Crippen LogP contribution in [0.25, 0.3) is 0 Å². The fraction of sp³-hybridized carbons (Fsp3) is 1.00. The van der Waals surface area contributed by atoms with E-state index >= 15 is 0 Å². The second-order valence-corrected chi connectivity index (χ2v) is 7.08. The summed E-state index contributed by atoms with van der Waals surface area (Å²) < 4.78 is 5.34. The second-order valence-electron chi connectivity index (χ2n) is 5.30. The van der Waals surface area contributed by atoms with Crippen LogP contribution in [0, 0.1) is 5.41 Å². The van der Waals surface area contributed by atoms with E-state index in [4.69, 9.17) is 4.43 Å². The lowest BCUT2D eigenvalue weighted by atomic mass is 10.0. The van der Waals surface area contributed by atoms with Crippen molar-refractivity contribution in [3.8, 4) is 0 Å². The van der Waals surface area contributed by atoms with Crippen molar-refractivity contribution in [2.24, 2.45) is 5.41 Å². The van der Waals surface area contributed by atoms with Gasteiger partial charge in [0.15, 0.2) is 9.76 Å². The molecule has 94 valence electrons. The molecule has 0 aliphatic rings. The zero-order valence-electron chi connectivity index (χ0n) is 11.2. The number of alkyl halides is 1. The van der Waals surface area contributed by atoms with Crippen molar-refractivity contribution in [3.63, 3.8) is 0 Å². The van der Waals surface area contributed by atoms with Crippen LogP contribution < -0.4 is 0 Å². The van der Waals surface area contributed by atoms with E-state index in [9.17, 15) is 0 Å². The molecule has 0 aromatic rings. The van der Waals surface area contributed by atoms with Gasteiger partial charge in [0.25, 0.3) is 0 Å². The Balaban J connectivity index is 0. The normalized spacial score (nSPS) is 11.6. The minimum absolute atomic E-state index is 0.135. The van der Waals surface area contributed by atoms with Crippen LogP contribution in [-0.2, 0) is 4.43 Å². The van der Waals surface area contributed by atoms with Crippen LogP contribution in [0.1, 0.15) is 53.4 Å². The third kappa shape index (κ3) is 40.0. The van der Waals surface area contributed by atoms with Gasteiger partial charge in [-0.1, -0.05) is 63.0 Å². The molecule has 0 radical (unpaired) electrons. The summed E-state index contributed by atoms with van der Waals surface area (Å²) in [5.74, 6) is 0. The molecule has 1 nitrogen and oxygen atoms in total. The van der Waals surface area contributed by atoms with Crippen molar-refractivity contribution < 1.29 is 4.43 Å². The van der Waals surface area contributed by atoms with Gasteiger partial charge in [-0.05, 0) is 18.3 Å². The van der Waals surface area contributed by atoms with E-state index in [2.05, 4.69) is 50.2 Å². The van der Waals surface area contributed by atoms with Crippen molar-refractivity contribution in [3.05, 3.63) is 0 Å². The smallest absolute Gasteiger partial charge is 0.158 e. The first-order chi connectivity index (χ1) is 6.91. The number of halogens is 1. The van der Waals surface area contributed by atoms with Gasteiger partial charge in [0, 0.05) is 11.9 Å². The van der Waals surface area contributed by atoms with Crippen LogP contribution in [0.3, 0.4) is 0 Å². The van der Waals surface area contributed by atoms with E-state index in [1.165, 1.54) is 25.7 Å². The van der Waals surface area contributed by atoms with E-state index < -0.39 is 0 Å². The molecule has 0 aliphatic heterocycles. The number of rotatable bonds is 7. The molecule has 0 aliphatic carbocycles. The van der Waals surface area contributed by atoms with Crippen LogP contribution in [0.15, 0.2) is 0 Å². The minimum Gasteiger partial charge on any atom is -0.424 e. The summed E-state index contributed by atoms with van der Waals surface area (Å²) in [6, 6.07) is 0. The molecule has 0 fully saturated rings. The molecule has 15 heavy (non-hydrogen) atoms. The van der Waals surface area contributed by atoms with Crippen LogP contribution in [-0.4, -0.2) is 21.7 Å². The van der Waals surface area contributed by atoms with E-state index in [0.29, 0.717) is 5.41 Å². The van der Waals surface area contributed by atoms with Gasteiger partial charge in [-0.15, -0.1) is 0 Å². The Hall–Kier alpha value is 0.657. The summed E-state index contributed by atoms with van der Waals surface area (Å²) in [6.07, 6.45) is 5.25. The summed E-state index contributed by atoms with van der Waals surface area (Å²) in [5.41, 5.74) is 0.500. The van der Waals surface area contributed by atoms with Gasteiger partial charge in [0.05, 0.1) is 0 Å². The first-order valence-corrected chi connectivity index (χ1v) is 9.16. The van der Waals surface area contributed by atoms with Gasteiger partial charge in [0.2, 0.25) is 0 Å². The second kappa shape index (κ2) is 12.7. The quantitative estimate of drug-likeness (QED) is 0.390. The predicted octanol–water partition coefficient (Wildman–Crippen LogP) is 4.14. The van der Waals surface area contributed by atoms with Gasteiger partial charge in [-0.2, -0.15) is 0 Å². The molecule has 0 aromatic carbocycles. The molecule has 0 rings (SSSR count). The fourth-order valence-corrected chi connectivity index (χ4v) is 1.69. The summed E-state index contributed by atoms with van der Waals surface area (Å²) in [7, 11) is -0.135. The minimum atomic E-state index is -0.135. The Labute approximate surface area is 107 Å². The average molecular weight is 297 g/mol. The molecule has 0 spiro atoms. The molecule has 0 saturated carbocycles. The number of unbranched alkanes of at least 4 members (excludes halogenated alkanes) is 3. The van der Waals surface area contributed by atoms with Crippen LogP contribution >= 0.6 is 15.9 Å². The van der Waals surface area contributed by atoms with Crippen LogP contribution in [0.2, 0.25) is 6.55 Å². The molecular weight excluding hydrogens is 268 g/mol. The largest absolute Gasteiger partial charge is 0.424 e. The third-order valence-corrected chi connectivity index (χ3v) is 2.63. The zero-order valence-corrected chi connectivity index (χ0v) is 14.2. The highest BCUT2D eigenvalue weighted by molar-refractivity contribution is 9.09. The van der Waals surface area contributed by atoms with Crippen molar-refractivity contribution in [1.29, 1.82) is 0 Å². The lowest BCUT2D eigenvalue weighted by molar-refractivity contribution is 0.324. The van der Waals surface area contributed by atoms with E-state index in [1.54, 1.807) is 0 Å². The third-order valence-electron chi connectivity index (χ3n) is 1.38. The molecule has 0 amide bonds. The first kappa shape index (κ1) is 18.0. The van der Waals surface area contributed by atoms with Gasteiger partial charge < -0.3 is 4.43 Å². The molecule has 0 aromatic heterocycles. The fourth-order valence-electron chi connectivity index (χ4n) is 0.797. The highest BCUT2D eigenvalue weighted by atomic mass is 79.9. The monoisotopic (exact) mass is 296 g/mol. The van der Waals surface area contributed by atoms with Crippen molar-refractivity contribution in [2.45, 2.75) is 59.9 Å². The molecule has 0 atom stereocenters. The lowest BCUT2D eigenvalue weighted by Crippen LogP contribution is -1.95. The maximum Gasteiger partial charge on any atom is 0.158 e. The molecule has 0 bridgehead atoms. The summed E-state index contributed by atoms with van der Waals surface area (Å²) in [6.45, 7) is 11.9. The summed E-state index contributed by atoms with van der Waals surface area (Å²) >= 11 is 3.41. The Bertz CT molecular complexity index is 98.7. The molecular formula is C12H29BrOSi. The topological polar surface area (TPSA) is 9.23 Å². The zero-order chi connectivity index (χ0) is 12.2. The van der Waals surface area contributed by atoms with E-state index in [1.807, 2.05) is 0 Å².